The van der Waals surface area contributed by atoms with Crippen molar-refractivity contribution in [2.75, 3.05) is 13.2 Å². The SMILES string of the molecule is CCOP(=O)(Cc1ccc(/C=C/c2ccccc2[N+](=O)[O-])cc1)OCC. The van der Waals surface area contributed by atoms with Gasteiger partial charge in [0, 0.05) is 6.07 Å². The summed E-state index contributed by atoms with van der Waals surface area (Å²) in [5.74, 6) is 0. The Morgan fingerprint density at radius 3 is 2.19 bits per heavy atom. The van der Waals surface area contributed by atoms with Crippen LogP contribution in [0.3, 0.4) is 0 Å². The predicted octanol–water partition coefficient (Wildman–Crippen LogP) is 5.53. The van der Waals surface area contributed by atoms with Crippen LogP contribution in [0.5, 0.6) is 0 Å². The van der Waals surface area contributed by atoms with Gasteiger partial charge in [0.15, 0.2) is 0 Å². The van der Waals surface area contributed by atoms with Gasteiger partial charge in [-0.3, -0.25) is 14.7 Å². The van der Waals surface area contributed by atoms with Crippen molar-refractivity contribution in [1.82, 2.24) is 0 Å². The van der Waals surface area contributed by atoms with Gasteiger partial charge in [0.2, 0.25) is 0 Å². The molecule has 0 saturated heterocycles. The molecule has 2 aromatic carbocycles. The average Bonchev–Trinajstić information content (AvgIpc) is 2.61. The van der Waals surface area contributed by atoms with Crippen molar-refractivity contribution in [3.05, 3.63) is 75.3 Å². The van der Waals surface area contributed by atoms with E-state index in [2.05, 4.69) is 0 Å². The van der Waals surface area contributed by atoms with Gasteiger partial charge in [-0.1, -0.05) is 42.5 Å². The van der Waals surface area contributed by atoms with E-state index in [1.54, 1.807) is 44.2 Å². The minimum atomic E-state index is -3.13. The summed E-state index contributed by atoms with van der Waals surface area (Å²) in [6, 6.07) is 14.0. The van der Waals surface area contributed by atoms with Crippen LogP contribution in [0.25, 0.3) is 12.2 Å². The molecule has 7 heteroatoms. The number of nitro groups is 1. The molecule has 26 heavy (non-hydrogen) atoms. The molecule has 0 atom stereocenters. The number of nitrogens with zero attached hydrogens (tertiary/aromatic N) is 1. The molecule has 0 radical (unpaired) electrons. The van der Waals surface area contributed by atoms with E-state index in [1.807, 2.05) is 24.3 Å². The average molecular weight is 375 g/mol. The first kappa shape index (κ1) is 20.0. The van der Waals surface area contributed by atoms with Gasteiger partial charge >= 0.3 is 7.60 Å². The number of hydrogen-bond donors (Lipinski definition) is 0. The van der Waals surface area contributed by atoms with Gasteiger partial charge < -0.3 is 9.05 Å². The van der Waals surface area contributed by atoms with E-state index in [0.29, 0.717) is 18.8 Å². The lowest BCUT2D eigenvalue weighted by molar-refractivity contribution is -0.385. The normalized spacial score (nSPS) is 11.8. The molecule has 0 unspecified atom stereocenters. The summed E-state index contributed by atoms with van der Waals surface area (Å²) in [5.41, 5.74) is 2.33. The van der Waals surface area contributed by atoms with E-state index < -0.39 is 12.5 Å². The predicted molar refractivity (Wildman–Crippen MR) is 103 cm³/mol. The number of hydrogen-bond acceptors (Lipinski definition) is 5. The van der Waals surface area contributed by atoms with Gasteiger partial charge in [0.1, 0.15) is 0 Å². The fraction of sp³-hybridized carbons (Fsp3) is 0.263. The van der Waals surface area contributed by atoms with E-state index in [9.17, 15) is 14.7 Å². The molecule has 2 rings (SSSR count). The summed E-state index contributed by atoms with van der Waals surface area (Å²) in [6.45, 7) is 4.21. The van der Waals surface area contributed by atoms with Gasteiger partial charge in [-0.05, 0) is 37.1 Å². The third kappa shape index (κ3) is 5.63. The molecule has 0 fully saturated rings. The molecule has 0 heterocycles. The third-order valence-electron chi connectivity index (χ3n) is 3.60. The van der Waals surface area contributed by atoms with Crippen LogP contribution in [0, 0.1) is 10.1 Å². The molecule has 0 aliphatic carbocycles. The lowest BCUT2D eigenvalue weighted by Gasteiger charge is -2.16. The maximum Gasteiger partial charge on any atom is 0.335 e. The molecule has 0 N–H and O–H groups in total. The molecule has 0 aliphatic rings. The lowest BCUT2D eigenvalue weighted by atomic mass is 10.1. The van der Waals surface area contributed by atoms with Crippen molar-refractivity contribution in [3.63, 3.8) is 0 Å². The van der Waals surface area contributed by atoms with Gasteiger partial charge in [-0.15, -0.1) is 0 Å². The monoisotopic (exact) mass is 375 g/mol. The summed E-state index contributed by atoms with van der Waals surface area (Å²) in [5, 5.41) is 11.0. The van der Waals surface area contributed by atoms with Crippen molar-refractivity contribution in [2.24, 2.45) is 0 Å². The van der Waals surface area contributed by atoms with Crippen LogP contribution in [-0.2, 0) is 19.8 Å². The van der Waals surface area contributed by atoms with Crippen LogP contribution in [0.15, 0.2) is 48.5 Å². The summed E-state index contributed by atoms with van der Waals surface area (Å²) in [4.78, 5) is 10.6. The quantitative estimate of drug-likeness (QED) is 0.249. The van der Waals surface area contributed by atoms with E-state index >= 15 is 0 Å². The molecule has 0 aromatic heterocycles. The maximum absolute atomic E-state index is 12.6. The second kappa shape index (κ2) is 9.43. The second-order valence-corrected chi connectivity index (χ2v) is 7.55. The molecule has 6 nitrogen and oxygen atoms in total. The Bertz CT molecular complexity index is 807. The van der Waals surface area contributed by atoms with Crippen molar-refractivity contribution < 1.29 is 18.5 Å². The van der Waals surface area contributed by atoms with E-state index in [-0.39, 0.29) is 11.8 Å². The fourth-order valence-corrected chi connectivity index (χ4v) is 4.16. The standard InChI is InChI=1S/C19H22NO5P/c1-3-24-26(23,25-4-2)15-17-11-9-16(10-12-17)13-14-18-7-5-6-8-19(18)20(21)22/h5-14H,3-4,15H2,1-2H3/b14-13+. The first-order valence-electron chi connectivity index (χ1n) is 8.36. The van der Waals surface area contributed by atoms with Crippen LogP contribution in [0.1, 0.15) is 30.5 Å². The van der Waals surface area contributed by atoms with Crippen LogP contribution >= 0.6 is 7.60 Å². The molecular formula is C19H22NO5P. The van der Waals surface area contributed by atoms with Crippen molar-refractivity contribution in [1.29, 1.82) is 0 Å². The summed E-state index contributed by atoms with van der Waals surface area (Å²) in [7, 11) is -3.13. The summed E-state index contributed by atoms with van der Waals surface area (Å²) in [6.07, 6.45) is 3.72. The fourth-order valence-electron chi connectivity index (χ4n) is 2.46. The number of rotatable bonds is 9. The van der Waals surface area contributed by atoms with Gasteiger partial charge in [0.25, 0.3) is 5.69 Å². The van der Waals surface area contributed by atoms with Crippen LogP contribution < -0.4 is 0 Å². The Labute approximate surface area is 153 Å². The number of para-hydroxylation sites is 1. The van der Waals surface area contributed by atoms with Crippen LogP contribution in [0.4, 0.5) is 5.69 Å². The highest BCUT2D eigenvalue weighted by atomic mass is 31.2. The molecule has 0 amide bonds. The zero-order valence-electron chi connectivity index (χ0n) is 14.8. The Hall–Kier alpha value is -2.27. The minimum absolute atomic E-state index is 0.0646. The Balaban J connectivity index is 2.13. The molecule has 138 valence electrons. The summed E-state index contributed by atoms with van der Waals surface area (Å²) < 4.78 is 23.2. The van der Waals surface area contributed by atoms with Crippen molar-refractivity contribution in [2.45, 2.75) is 20.0 Å². The van der Waals surface area contributed by atoms with Crippen LogP contribution in [-0.4, -0.2) is 18.1 Å². The Kier molecular flexibility index (Phi) is 7.27. The highest BCUT2D eigenvalue weighted by Crippen LogP contribution is 2.51. The minimum Gasteiger partial charge on any atom is -0.309 e. The maximum atomic E-state index is 12.6. The number of nitro benzene ring substituents is 1. The van der Waals surface area contributed by atoms with Gasteiger partial charge in [-0.2, -0.15) is 0 Å². The van der Waals surface area contributed by atoms with Gasteiger partial charge in [0.05, 0.1) is 29.9 Å². The molecule has 0 bridgehead atoms. The second-order valence-electron chi connectivity index (χ2n) is 5.50. The highest BCUT2D eigenvalue weighted by molar-refractivity contribution is 7.53. The lowest BCUT2D eigenvalue weighted by Crippen LogP contribution is -1.99. The van der Waals surface area contributed by atoms with Crippen molar-refractivity contribution >= 4 is 25.4 Å². The Morgan fingerprint density at radius 2 is 1.62 bits per heavy atom. The molecule has 0 saturated carbocycles. The smallest absolute Gasteiger partial charge is 0.309 e. The molecule has 0 spiro atoms. The molecule has 2 aromatic rings. The molecule has 0 aliphatic heterocycles. The third-order valence-corrected chi connectivity index (χ3v) is 5.65. The largest absolute Gasteiger partial charge is 0.335 e. The van der Waals surface area contributed by atoms with E-state index in [1.165, 1.54) is 6.07 Å². The van der Waals surface area contributed by atoms with Gasteiger partial charge in [-0.25, -0.2) is 0 Å². The van der Waals surface area contributed by atoms with Crippen molar-refractivity contribution in [3.8, 4) is 0 Å². The topological polar surface area (TPSA) is 78.7 Å². The Morgan fingerprint density at radius 1 is 1.00 bits per heavy atom. The van der Waals surface area contributed by atoms with E-state index in [4.69, 9.17) is 9.05 Å². The zero-order chi connectivity index (χ0) is 19.0. The van der Waals surface area contributed by atoms with E-state index in [0.717, 1.165) is 11.1 Å². The first-order chi connectivity index (χ1) is 12.5. The zero-order valence-corrected chi connectivity index (χ0v) is 15.7. The highest BCUT2D eigenvalue weighted by Gasteiger charge is 2.23. The summed E-state index contributed by atoms with van der Waals surface area (Å²) >= 11 is 0. The number of benzene rings is 2. The van der Waals surface area contributed by atoms with Crippen LogP contribution in [0.2, 0.25) is 0 Å². The molecular weight excluding hydrogens is 353 g/mol. The first-order valence-corrected chi connectivity index (χ1v) is 10.1.